The van der Waals surface area contributed by atoms with Crippen molar-refractivity contribution in [3.8, 4) is 0 Å². The van der Waals surface area contributed by atoms with Gasteiger partial charge in [0.1, 0.15) is 5.60 Å². The lowest BCUT2D eigenvalue weighted by atomic mass is 9.83. The molecule has 2 heteroatoms. The maximum Gasteiger partial charge on any atom is 0.121 e. The molecule has 0 aliphatic carbocycles. The molecule has 0 radical (unpaired) electrons. The lowest BCUT2D eigenvalue weighted by Crippen LogP contribution is -2.27. The second-order valence-electron chi connectivity index (χ2n) is 4.73. The van der Waals surface area contributed by atoms with Crippen LogP contribution in [0.15, 0.2) is 60.7 Å². The molecule has 1 N–H and O–H groups in total. The Morgan fingerprint density at radius 2 is 1.39 bits per heavy atom. The maximum absolute atomic E-state index is 9.86. The number of aliphatic hydroxyl groups excluding tert-OH is 1. The largest absolute Gasteiger partial charge is 0.391 e. The molecule has 92 valence electrons. The van der Waals surface area contributed by atoms with E-state index in [1.807, 2.05) is 36.4 Å². The van der Waals surface area contributed by atoms with Crippen molar-refractivity contribution >= 4 is 0 Å². The minimum absolute atomic E-state index is 0.393. The summed E-state index contributed by atoms with van der Waals surface area (Å²) in [5.74, 6) is 0. The Morgan fingerprint density at radius 1 is 0.889 bits per heavy atom. The zero-order valence-corrected chi connectivity index (χ0v) is 10.1. The fraction of sp³-hybridized carbons (Fsp3) is 0.250. The number of aliphatic hydroxyl groups is 1. The summed E-state index contributed by atoms with van der Waals surface area (Å²) in [6, 6.07) is 20.3. The van der Waals surface area contributed by atoms with Crippen molar-refractivity contribution in [1.29, 1.82) is 0 Å². The third kappa shape index (κ3) is 1.84. The van der Waals surface area contributed by atoms with E-state index in [-0.39, 0.29) is 0 Å². The van der Waals surface area contributed by atoms with Crippen LogP contribution in [0.1, 0.15) is 17.5 Å². The number of hydrogen-bond donors (Lipinski definition) is 1. The van der Waals surface area contributed by atoms with Crippen LogP contribution in [-0.2, 0) is 10.3 Å². The third-order valence-corrected chi connectivity index (χ3v) is 3.53. The van der Waals surface area contributed by atoms with Crippen LogP contribution in [0.3, 0.4) is 0 Å². The van der Waals surface area contributed by atoms with Crippen LogP contribution in [0.4, 0.5) is 0 Å². The Balaban J connectivity index is 2.11. The van der Waals surface area contributed by atoms with Crippen LogP contribution in [0.25, 0.3) is 0 Å². The summed E-state index contributed by atoms with van der Waals surface area (Å²) in [5, 5.41) is 9.86. The van der Waals surface area contributed by atoms with Crippen molar-refractivity contribution in [2.45, 2.75) is 18.1 Å². The van der Waals surface area contributed by atoms with Gasteiger partial charge in [0.25, 0.3) is 0 Å². The van der Waals surface area contributed by atoms with E-state index in [9.17, 15) is 5.11 Å². The summed E-state index contributed by atoms with van der Waals surface area (Å²) >= 11 is 0. The highest BCUT2D eigenvalue weighted by Crippen LogP contribution is 2.42. The Bertz CT molecular complexity index is 468. The quantitative estimate of drug-likeness (QED) is 0.874. The molecule has 0 amide bonds. The van der Waals surface area contributed by atoms with E-state index >= 15 is 0 Å². The third-order valence-electron chi connectivity index (χ3n) is 3.53. The molecule has 2 aromatic rings. The van der Waals surface area contributed by atoms with Crippen LogP contribution < -0.4 is 0 Å². The van der Waals surface area contributed by atoms with Gasteiger partial charge in [-0.1, -0.05) is 60.7 Å². The van der Waals surface area contributed by atoms with Crippen LogP contribution in [0.5, 0.6) is 0 Å². The van der Waals surface area contributed by atoms with Gasteiger partial charge in [0.05, 0.1) is 12.7 Å². The number of benzene rings is 2. The molecule has 1 atom stereocenters. The van der Waals surface area contributed by atoms with Gasteiger partial charge in [0.2, 0.25) is 0 Å². The van der Waals surface area contributed by atoms with E-state index in [0.29, 0.717) is 13.0 Å². The SMILES string of the molecule is OC1COC(c2ccccc2)(c2ccccc2)C1. The topological polar surface area (TPSA) is 29.5 Å². The molecule has 1 aliphatic rings. The normalized spacial score (nSPS) is 21.9. The number of hydrogen-bond acceptors (Lipinski definition) is 2. The van der Waals surface area contributed by atoms with Crippen molar-refractivity contribution in [2.24, 2.45) is 0 Å². The van der Waals surface area contributed by atoms with Gasteiger partial charge in [0, 0.05) is 6.42 Å². The molecule has 1 heterocycles. The second kappa shape index (κ2) is 4.56. The molecule has 1 fully saturated rings. The van der Waals surface area contributed by atoms with E-state index < -0.39 is 11.7 Å². The Labute approximate surface area is 107 Å². The van der Waals surface area contributed by atoms with E-state index in [1.165, 1.54) is 0 Å². The zero-order valence-electron chi connectivity index (χ0n) is 10.1. The highest BCUT2D eigenvalue weighted by molar-refractivity contribution is 5.37. The molecule has 2 nitrogen and oxygen atoms in total. The van der Waals surface area contributed by atoms with E-state index in [1.54, 1.807) is 0 Å². The molecule has 0 spiro atoms. The van der Waals surface area contributed by atoms with Gasteiger partial charge in [-0.3, -0.25) is 0 Å². The molecule has 1 saturated heterocycles. The average molecular weight is 240 g/mol. The Kier molecular flexibility index (Phi) is 2.90. The standard InChI is InChI=1S/C16H16O2/c17-15-11-16(18-12-15,13-7-3-1-4-8-13)14-9-5-2-6-10-14/h1-10,15,17H,11-12H2. The first kappa shape index (κ1) is 11.5. The van der Waals surface area contributed by atoms with Crippen molar-refractivity contribution in [3.63, 3.8) is 0 Å². The predicted molar refractivity (Wildman–Crippen MR) is 70.2 cm³/mol. The van der Waals surface area contributed by atoms with Gasteiger partial charge < -0.3 is 9.84 Å². The number of ether oxygens (including phenoxy) is 1. The zero-order chi connectivity index (χ0) is 12.4. The smallest absolute Gasteiger partial charge is 0.121 e. The van der Waals surface area contributed by atoms with Gasteiger partial charge in [-0.2, -0.15) is 0 Å². The molecule has 18 heavy (non-hydrogen) atoms. The van der Waals surface area contributed by atoms with E-state index in [2.05, 4.69) is 24.3 Å². The van der Waals surface area contributed by atoms with Crippen molar-refractivity contribution in [3.05, 3.63) is 71.8 Å². The fourth-order valence-corrected chi connectivity index (χ4v) is 2.67. The van der Waals surface area contributed by atoms with Crippen LogP contribution in [-0.4, -0.2) is 17.8 Å². The molecule has 0 bridgehead atoms. The van der Waals surface area contributed by atoms with Gasteiger partial charge >= 0.3 is 0 Å². The average Bonchev–Trinajstić information content (AvgIpc) is 2.84. The lowest BCUT2D eigenvalue weighted by Gasteiger charge is -2.29. The van der Waals surface area contributed by atoms with Gasteiger partial charge in [-0.05, 0) is 11.1 Å². The number of rotatable bonds is 2. The molecular formula is C16H16O2. The minimum Gasteiger partial charge on any atom is -0.391 e. The second-order valence-corrected chi connectivity index (χ2v) is 4.73. The summed E-state index contributed by atoms with van der Waals surface area (Å²) in [5.41, 5.74) is 1.71. The van der Waals surface area contributed by atoms with Crippen LogP contribution in [0, 0.1) is 0 Å². The molecule has 2 aromatic carbocycles. The Hall–Kier alpha value is -1.64. The first-order valence-electron chi connectivity index (χ1n) is 6.24. The van der Waals surface area contributed by atoms with E-state index in [4.69, 9.17) is 4.74 Å². The molecule has 1 aliphatic heterocycles. The van der Waals surface area contributed by atoms with Gasteiger partial charge in [-0.15, -0.1) is 0 Å². The van der Waals surface area contributed by atoms with Crippen molar-refractivity contribution in [1.82, 2.24) is 0 Å². The summed E-state index contributed by atoms with van der Waals surface area (Å²) in [6.07, 6.45) is 0.214. The van der Waals surface area contributed by atoms with E-state index in [0.717, 1.165) is 11.1 Å². The fourth-order valence-electron chi connectivity index (χ4n) is 2.67. The monoisotopic (exact) mass is 240 g/mol. The molecule has 3 rings (SSSR count). The summed E-state index contributed by atoms with van der Waals surface area (Å²) < 4.78 is 5.97. The predicted octanol–water partition coefficient (Wildman–Crippen LogP) is 2.71. The molecule has 1 unspecified atom stereocenters. The van der Waals surface area contributed by atoms with Gasteiger partial charge in [0.15, 0.2) is 0 Å². The van der Waals surface area contributed by atoms with Gasteiger partial charge in [-0.25, -0.2) is 0 Å². The molecule has 0 aromatic heterocycles. The maximum atomic E-state index is 9.86. The first-order valence-corrected chi connectivity index (χ1v) is 6.24. The minimum atomic E-state index is -0.498. The highest BCUT2D eigenvalue weighted by Gasteiger charge is 2.42. The first-order chi connectivity index (χ1) is 8.81. The summed E-state index contributed by atoms with van der Waals surface area (Å²) in [6.45, 7) is 0.393. The van der Waals surface area contributed by atoms with Crippen molar-refractivity contribution in [2.75, 3.05) is 6.61 Å². The molecule has 0 saturated carbocycles. The Morgan fingerprint density at radius 3 is 1.78 bits per heavy atom. The highest BCUT2D eigenvalue weighted by atomic mass is 16.5. The van der Waals surface area contributed by atoms with Crippen molar-refractivity contribution < 1.29 is 9.84 Å². The van der Waals surface area contributed by atoms with Crippen LogP contribution >= 0.6 is 0 Å². The molecular weight excluding hydrogens is 224 g/mol. The lowest BCUT2D eigenvalue weighted by molar-refractivity contribution is 0.0299. The summed E-state index contributed by atoms with van der Waals surface area (Å²) in [7, 11) is 0. The van der Waals surface area contributed by atoms with Crippen LogP contribution in [0.2, 0.25) is 0 Å². The summed E-state index contributed by atoms with van der Waals surface area (Å²) in [4.78, 5) is 0.